The van der Waals surface area contributed by atoms with Gasteiger partial charge < -0.3 is 10.6 Å². The zero-order valence-corrected chi connectivity index (χ0v) is 13.7. The number of rotatable bonds is 4. The van der Waals surface area contributed by atoms with Crippen LogP contribution in [0.5, 0.6) is 0 Å². The van der Waals surface area contributed by atoms with E-state index in [-0.39, 0.29) is 18.7 Å². The molecule has 1 unspecified atom stereocenters. The molecule has 2 N–H and O–H groups in total. The third kappa shape index (κ3) is 4.89. The predicted molar refractivity (Wildman–Crippen MR) is 80.7 cm³/mol. The lowest BCUT2D eigenvalue weighted by Gasteiger charge is -2.35. The van der Waals surface area contributed by atoms with E-state index in [0.29, 0.717) is 17.6 Å². The van der Waals surface area contributed by atoms with Crippen molar-refractivity contribution < 1.29 is 22.4 Å². The second-order valence-electron chi connectivity index (χ2n) is 5.18. The minimum atomic E-state index is -4.45. The van der Waals surface area contributed by atoms with E-state index in [1.54, 1.807) is 0 Å². The Balaban J connectivity index is 2.05. The van der Waals surface area contributed by atoms with Crippen LogP contribution in [0.3, 0.4) is 0 Å². The summed E-state index contributed by atoms with van der Waals surface area (Å²) in [6.45, 7) is 0.866. The van der Waals surface area contributed by atoms with Crippen LogP contribution in [0, 0.1) is 5.82 Å². The highest BCUT2D eigenvalue weighted by Gasteiger charge is 2.43. The van der Waals surface area contributed by atoms with E-state index < -0.39 is 30.5 Å². The summed E-state index contributed by atoms with van der Waals surface area (Å²) in [5, 5.41) is 5.23. The number of benzene rings is 1. The summed E-state index contributed by atoms with van der Waals surface area (Å²) in [7, 11) is 0. The Morgan fingerprint density at radius 1 is 1.35 bits per heavy atom. The molecule has 9 heteroatoms. The maximum atomic E-state index is 13.2. The van der Waals surface area contributed by atoms with Gasteiger partial charge in [-0.25, -0.2) is 4.39 Å². The molecule has 1 aliphatic heterocycles. The Morgan fingerprint density at radius 2 is 2.00 bits per heavy atom. The first-order valence-corrected chi connectivity index (χ1v) is 7.83. The molecule has 1 heterocycles. The maximum absolute atomic E-state index is 13.2. The molecule has 0 spiro atoms. The van der Waals surface area contributed by atoms with Gasteiger partial charge in [-0.1, -0.05) is 0 Å². The molecule has 0 radical (unpaired) electrons. The first-order chi connectivity index (χ1) is 10.8. The monoisotopic (exact) mass is 397 g/mol. The Labute approximate surface area is 139 Å². The van der Waals surface area contributed by atoms with Crippen molar-refractivity contribution in [1.29, 1.82) is 0 Å². The fraction of sp³-hybridized carbons (Fsp3) is 0.500. The van der Waals surface area contributed by atoms with Gasteiger partial charge in [0.1, 0.15) is 11.9 Å². The number of hydrogen-bond acceptors (Lipinski definition) is 3. The van der Waals surface area contributed by atoms with Crippen LogP contribution in [0.15, 0.2) is 22.7 Å². The summed E-state index contributed by atoms with van der Waals surface area (Å²) >= 11 is 3.09. The summed E-state index contributed by atoms with van der Waals surface area (Å²) in [6, 6.07) is 1.70. The molecule has 1 aromatic carbocycles. The van der Waals surface area contributed by atoms with Gasteiger partial charge in [-0.3, -0.25) is 9.69 Å². The van der Waals surface area contributed by atoms with Crippen LogP contribution in [0.25, 0.3) is 0 Å². The van der Waals surface area contributed by atoms with Crippen molar-refractivity contribution >= 4 is 21.8 Å². The molecule has 128 valence electrons. The fourth-order valence-electron chi connectivity index (χ4n) is 2.40. The molecule has 2 rings (SSSR count). The van der Waals surface area contributed by atoms with Crippen molar-refractivity contribution in [2.75, 3.05) is 32.7 Å². The zero-order chi connectivity index (χ0) is 17.0. The SMILES string of the molecule is O=C(NCC(N1CCNCC1)C(F)(F)F)c1cc(F)ccc1Br. The molecule has 23 heavy (non-hydrogen) atoms. The van der Waals surface area contributed by atoms with E-state index in [4.69, 9.17) is 0 Å². The van der Waals surface area contributed by atoms with Gasteiger partial charge in [0.15, 0.2) is 0 Å². The van der Waals surface area contributed by atoms with Crippen molar-refractivity contribution in [3.05, 3.63) is 34.1 Å². The highest BCUT2D eigenvalue weighted by molar-refractivity contribution is 9.10. The van der Waals surface area contributed by atoms with Crippen molar-refractivity contribution in [2.45, 2.75) is 12.2 Å². The van der Waals surface area contributed by atoms with E-state index in [9.17, 15) is 22.4 Å². The van der Waals surface area contributed by atoms with Gasteiger partial charge in [0, 0.05) is 37.2 Å². The lowest BCUT2D eigenvalue weighted by atomic mass is 10.1. The van der Waals surface area contributed by atoms with Crippen LogP contribution in [-0.4, -0.2) is 55.7 Å². The lowest BCUT2D eigenvalue weighted by Crippen LogP contribution is -2.57. The number of amides is 1. The smallest absolute Gasteiger partial charge is 0.350 e. The second kappa shape index (κ2) is 7.59. The molecule has 0 bridgehead atoms. The number of halogens is 5. The van der Waals surface area contributed by atoms with Crippen LogP contribution in [0.1, 0.15) is 10.4 Å². The average molecular weight is 398 g/mol. The van der Waals surface area contributed by atoms with Crippen LogP contribution in [-0.2, 0) is 0 Å². The number of nitrogens with zero attached hydrogens (tertiary/aromatic N) is 1. The van der Waals surface area contributed by atoms with E-state index in [1.165, 1.54) is 11.0 Å². The van der Waals surface area contributed by atoms with Crippen LogP contribution < -0.4 is 10.6 Å². The molecule has 1 aliphatic rings. The largest absolute Gasteiger partial charge is 0.405 e. The third-order valence-corrected chi connectivity index (χ3v) is 4.29. The molecule has 0 saturated carbocycles. The van der Waals surface area contributed by atoms with Crippen molar-refractivity contribution in [2.24, 2.45) is 0 Å². The van der Waals surface area contributed by atoms with Crippen molar-refractivity contribution in [3.63, 3.8) is 0 Å². The Morgan fingerprint density at radius 3 is 2.61 bits per heavy atom. The molecular weight excluding hydrogens is 382 g/mol. The second-order valence-corrected chi connectivity index (χ2v) is 6.03. The van der Waals surface area contributed by atoms with E-state index in [1.807, 2.05) is 0 Å². The van der Waals surface area contributed by atoms with E-state index in [0.717, 1.165) is 12.1 Å². The molecule has 1 fully saturated rings. The van der Waals surface area contributed by atoms with Crippen LogP contribution in [0.2, 0.25) is 0 Å². The van der Waals surface area contributed by atoms with Crippen LogP contribution >= 0.6 is 15.9 Å². The zero-order valence-electron chi connectivity index (χ0n) is 12.1. The molecule has 1 saturated heterocycles. The highest BCUT2D eigenvalue weighted by Crippen LogP contribution is 2.25. The van der Waals surface area contributed by atoms with E-state index >= 15 is 0 Å². The molecule has 0 aliphatic carbocycles. The summed E-state index contributed by atoms with van der Waals surface area (Å²) in [4.78, 5) is 13.3. The van der Waals surface area contributed by atoms with Gasteiger partial charge >= 0.3 is 6.18 Å². The normalized spacial score (nSPS) is 17.8. The topological polar surface area (TPSA) is 44.4 Å². The summed E-state index contributed by atoms with van der Waals surface area (Å²) < 4.78 is 53.2. The minimum absolute atomic E-state index is 0.0359. The molecule has 0 aromatic heterocycles. The Bertz CT molecular complexity index is 561. The minimum Gasteiger partial charge on any atom is -0.350 e. The molecule has 4 nitrogen and oxygen atoms in total. The highest BCUT2D eigenvalue weighted by atomic mass is 79.9. The van der Waals surface area contributed by atoms with Crippen molar-refractivity contribution in [3.8, 4) is 0 Å². The summed E-state index contributed by atoms with van der Waals surface area (Å²) in [6.07, 6.45) is -4.45. The van der Waals surface area contributed by atoms with Crippen LogP contribution in [0.4, 0.5) is 17.6 Å². The van der Waals surface area contributed by atoms with E-state index in [2.05, 4.69) is 26.6 Å². The van der Waals surface area contributed by atoms with Gasteiger partial charge in [-0.2, -0.15) is 13.2 Å². The lowest BCUT2D eigenvalue weighted by molar-refractivity contribution is -0.183. The quantitative estimate of drug-likeness (QED) is 0.765. The predicted octanol–water partition coefficient (Wildman–Crippen LogP) is 2.15. The standard InChI is InChI=1S/C14H16BrF4N3O/c15-11-2-1-9(16)7-10(11)13(23)21-8-12(14(17,18)19)22-5-3-20-4-6-22/h1-2,7,12,20H,3-6,8H2,(H,21,23). The van der Waals surface area contributed by atoms with Gasteiger partial charge in [0.05, 0.1) is 5.56 Å². The Hall–Kier alpha value is -1.19. The summed E-state index contributed by atoms with van der Waals surface area (Å²) in [5.74, 6) is -1.38. The van der Waals surface area contributed by atoms with Gasteiger partial charge in [0.2, 0.25) is 0 Å². The number of carbonyl (C=O) groups is 1. The first-order valence-electron chi connectivity index (χ1n) is 7.04. The number of nitrogens with one attached hydrogen (secondary N) is 2. The van der Waals surface area contributed by atoms with Gasteiger partial charge in [0.25, 0.3) is 5.91 Å². The maximum Gasteiger partial charge on any atom is 0.405 e. The first kappa shape index (κ1) is 18.2. The average Bonchev–Trinajstić information content (AvgIpc) is 2.49. The Kier molecular flexibility index (Phi) is 5.99. The van der Waals surface area contributed by atoms with Crippen molar-refractivity contribution in [1.82, 2.24) is 15.5 Å². The number of alkyl halides is 3. The number of hydrogen-bond donors (Lipinski definition) is 2. The molecular formula is C14H16BrF4N3O. The molecule has 1 aromatic rings. The molecule has 1 amide bonds. The van der Waals surface area contributed by atoms with Gasteiger partial charge in [-0.05, 0) is 34.1 Å². The number of carbonyl (C=O) groups excluding carboxylic acids is 1. The fourth-order valence-corrected chi connectivity index (χ4v) is 2.83. The van der Waals surface area contributed by atoms with Gasteiger partial charge in [-0.15, -0.1) is 0 Å². The molecule has 1 atom stereocenters. The third-order valence-electron chi connectivity index (χ3n) is 3.60. The number of piperazine rings is 1. The summed E-state index contributed by atoms with van der Waals surface area (Å²) in [5.41, 5.74) is -0.0359.